The summed E-state index contributed by atoms with van der Waals surface area (Å²) in [6, 6.07) is 14.0. The van der Waals surface area contributed by atoms with Gasteiger partial charge in [-0.2, -0.15) is 30.7 Å². The Hall–Kier alpha value is -2.96. The van der Waals surface area contributed by atoms with Crippen molar-refractivity contribution in [2.75, 3.05) is 13.1 Å². The van der Waals surface area contributed by atoms with Crippen molar-refractivity contribution < 1.29 is 45.0 Å². The van der Waals surface area contributed by atoms with Gasteiger partial charge in [0.1, 0.15) is 11.6 Å². The molecule has 0 aliphatic carbocycles. The number of nitrogens with one attached hydrogen (secondary N) is 1. The Balaban J connectivity index is 2.11. The van der Waals surface area contributed by atoms with Crippen molar-refractivity contribution in [3.05, 3.63) is 94.5 Å². The van der Waals surface area contributed by atoms with Gasteiger partial charge in [0.15, 0.2) is 6.10 Å². The molecule has 212 valence electrons. The summed E-state index contributed by atoms with van der Waals surface area (Å²) in [7, 11) is 0. The van der Waals surface area contributed by atoms with E-state index in [0.29, 0.717) is 11.6 Å². The van der Waals surface area contributed by atoms with E-state index in [2.05, 4.69) is 15.0 Å². The molecule has 2 unspecified atom stereocenters. The van der Waals surface area contributed by atoms with Crippen molar-refractivity contribution in [1.29, 1.82) is 0 Å². The number of halogens is 9. The lowest BCUT2D eigenvalue weighted by atomic mass is 9.70. The topological polar surface area (TPSA) is 54.4 Å². The Morgan fingerprint density at radius 2 is 1.67 bits per heavy atom. The van der Waals surface area contributed by atoms with Crippen LogP contribution in [-0.4, -0.2) is 48.0 Å². The zero-order valence-corrected chi connectivity index (χ0v) is 20.8. The third-order valence-electron chi connectivity index (χ3n) is 5.94. The summed E-state index contributed by atoms with van der Waals surface area (Å²) in [5.74, 6) is -1.97. The first-order chi connectivity index (χ1) is 18.2. The zero-order chi connectivity index (χ0) is 28.8. The number of alkyl halides is 7. The average Bonchev–Trinajstić information content (AvgIpc) is 2.85. The summed E-state index contributed by atoms with van der Waals surface area (Å²) in [6.07, 6.45) is -15.4. The Kier molecular flexibility index (Phi) is 9.78. The fourth-order valence-electron chi connectivity index (χ4n) is 4.06. The highest BCUT2D eigenvalue weighted by Crippen LogP contribution is 2.41. The van der Waals surface area contributed by atoms with Crippen LogP contribution >= 0.6 is 11.6 Å². The first-order valence-electron chi connectivity index (χ1n) is 11.5. The molecule has 0 spiro atoms. The van der Waals surface area contributed by atoms with Crippen LogP contribution in [-0.2, 0) is 11.8 Å². The van der Waals surface area contributed by atoms with E-state index in [0.717, 1.165) is 12.1 Å². The molecule has 2 atom stereocenters. The predicted molar refractivity (Wildman–Crippen MR) is 128 cm³/mol. The lowest BCUT2D eigenvalue weighted by molar-refractivity contribution is -0.253. The third kappa shape index (κ3) is 8.02. The number of aliphatic hydroxyl groups is 1. The summed E-state index contributed by atoms with van der Waals surface area (Å²) in [5, 5.41) is 12.1. The third-order valence-corrected chi connectivity index (χ3v) is 6.17. The first kappa shape index (κ1) is 30.6. The van der Waals surface area contributed by atoms with E-state index in [9.17, 15) is 40.2 Å². The van der Waals surface area contributed by atoms with Crippen molar-refractivity contribution >= 4 is 11.6 Å². The molecule has 2 aromatic carbocycles. The van der Waals surface area contributed by atoms with E-state index in [-0.39, 0.29) is 35.7 Å². The number of aliphatic hydroxyl groups excluding tert-OH is 1. The average molecular weight is 583 g/mol. The lowest BCUT2D eigenvalue weighted by Gasteiger charge is -2.35. The van der Waals surface area contributed by atoms with Crippen LogP contribution in [0.5, 0.6) is 5.75 Å². The van der Waals surface area contributed by atoms with Crippen LogP contribution in [0.3, 0.4) is 0 Å². The monoisotopic (exact) mass is 582 g/mol. The predicted octanol–water partition coefficient (Wildman–Crippen LogP) is 6.54. The number of benzene rings is 2. The molecule has 3 rings (SSSR count). The Morgan fingerprint density at radius 3 is 2.26 bits per heavy atom. The molecule has 4 nitrogen and oxygen atoms in total. The van der Waals surface area contributed by atoms with Crippen LogP contribution in [0.1, 0.15) is 23.2 Å². The van der Waals surface area contributed by atoms with Gasteiger partial charge in [-0.15, -0.1) is 0 Å². The second-order valence-corrected chi connectivity index (χ2v) is 9.19. The minimum atomic E-state index is -4.92. The summed E-state index contributed by atoms with van der Waals surface area (Å²) in [6.45, 7) is -1.03. The second kappa shape index (κ2) is 12.5. The molecule has 0 saturated carbocycles. The van der Waals surface area contributed by atoms with Crippen molar-refractivity contribution in [3.63, 3.8) is 0 Å². The molecule has 0 saturated heterocycles. The Labute approximate surface area is 223 Å². The first-order valence-corrected chi connectivity index (χ1v) is 11.9. The van der Waals surface area contributed by atoms with Crippen molar-refractivity contribution in [2.45, 2.75) is 43.1 Å². The molecule has 1 heterocycles. The van der Waals surface area contributed by atoms with Gasteiger partial charge in [-0.25, -0.2) is 4.39 Å². The number of hydrogen-bond donors (Lipinski definition) is 2. The quantitative estimate of drug-likeness (QED) is 0.188. The van der Waals surface area contributed by atoms with Crippen LogP contribution in [0, 0.1) is 5.82 Å². The minimum absolute atomic E-state index is 0.0144. The molecule has 0 amide bonds. The fourth-order valence-corrected chi connectivity index (χ4v) is 4.17. The molecule has 3 aromatic rings. The Morgan fingerprint density at radius 1 is 0.974 bits per heavy atom. The van der Waals surface area contributed by atoms with Crippen LogP contribution in [0.2, 0.25) is 5.02 Å². The molecule has 0 aliphatic rings. The van der Waals surface area contributed by atoms with E-state index in [1.54, 1.807) is 30.3 Å². The van der Waals surface area contributed by atoms with E-state index in [1.165, 1.54) is 18.3 Å². The fraction of sp³-hybridized carbons (Fsp3) is 0.346. The van der Waals surface area contributed by atoms with Crippen molar-refractivity contribution in [3.8, 4) is 5.75 Å². The van der Waals surface area contributed by atoms with Crippen molar-refractivity contribution in [1.82, 2.24) is 10.3 Å². The van der Waals surface area contributed by atoms with Gasteiger partial charge in [-0.05, 0) is 54.8 Å². The lowest BCUT2D eigenvalue weighted by Crippen LogP contribution is -2.41. The number of pyridine rings is 1. The molecule has 39 heavy (non-hydrogen) atoms. The van der Waals surface area contributed by atoms with Crippen LogP contribution in [0.25, 0.3) is 0 Å². The summed E-state index contributed by atoms with van der Waals surface area (Å²) >= 11 is 5.98. The Bertz CT molecular complexity index is 1210. The van der Waals surface area contributed by atoms with Gasteiger partial charge in [0.05, 0.1) is 10.7 Å². The molecular weight excluding hydrogens is 560 g/mol. The zero-order valence-electron chi connectivity index (χ0n) is 20.0. The largest absolute Gasteiger partial charge is 0.461 e. The number of hydrogen-bond acceptors (Lipinski definition) is 4. The smallest absolute Gasteiger partial charge is 0.428 e. The molecule has 0 fully saturated rings. The van der Waals surface area contributed by atoms with E-state index in [1.807, 2.05) is 0 Å². The van der Waals surface area contributed by atoms with Crippen LogP contribution < -0.4 is 10.1 Å². The van der Waals surface area contributed by atoms with Crippen LogP contribution in [0.4, 0.5) is 35.1 Å². The van der Waals surface area contributed by atoms with E-state index >= 15 is 0 Å². The second-order valence-electron chi connectivity index (χ2n) is 8.76. The molecular formula is C26H23ClF8N2O2. The maximum absolute atomic E-state index is 14.8. The molecule has 1 aromatic heterocycles. The molecule has 0 bridgehead atoms. The summed E-state index contributed by atoms with van der Waals surface area (Å²) in [4.78, 5) is 4.32. The van der Waals surface area contributed by atoms with Gasteiger partial charge in [-0.3, -0.25) is 4.98 Å². The van der Waals surface area contributed by atoms with Crippen molar-refractivity contribution in [2.24, 2.45) is 0 Å². The molecule has 2 N–H and O–H groups in total. The van der Waals surface area contributed by atoms with E-state index in [4.69, 9.17) is 11.6 Å². The molecule has 0 radical (unpaired) electrons. The standard InChI is InChI=1S/C26H23ClF8N2O2/c27-18-6-7-21(37-14-18)24(13-16-4-2-1-3-5-16,8-9-36-15-22(38)25(31,32)33)17-10-19(28)12-20(11-17)39-26(34,35)23(29)30/h1-7,10-12,14,22-23,36,38H,8-9,13,15H2. The van der Waals surface area contributed by atoms with Gasteiger partial charge in [-0.1, -0.05) is 41.9 Å². The summed E-state index contributed by atoms with van der Waals surface area (Å²) in [5.41, 5.74) is -0.512. The molecule has 13 heteroatoms. The van der Waals surface area contributed by atoms with Gasteiger partial charge < -0.3 is 15.2 Å². The highest BCUT2D eigenvalue weighted by Gasteiger charge is 2.45. The SMILES string of the molecule is OC(CNCCC(Cc1ccccc1)(c1cc(F)cc(OC(F)(F)C(F)F)c1)c1ccc(Cl)cn1)C(F)(F)F. The van der Waals surface area contributed by atoms with Gasteiger partial charge in [0.2, 0.25) is 0 Å². The molecule has 0 aliphatic heterocycles. The van der Waals surface area contributed by atoms with Crippen LogP contribution in [0.15, 0.2) is 66.9 Å². The minimum Gasteiger partial charge on any atom is -0.428 e. The number of nitrogens with zero attached hydrogens (tertiary/aromatic N) is 1. The summed E-state index contributed by atoms with van der Waals surface area (Å²) < 4.78 is 110. The highest BCUT2D eigenvalue weighted by atomic mass is 35.5. The number of rotatable bonds is 12. The van der Waals surface area contributed by atoms with Gasteiger partial charge >= 0.3 is 18.7 Å². The van der Waals surface area contributed by atoms with Gasteiger partial charge in [0.25, 0.3) is 0 Å². The number of aromatic nitrogens is 1. The highest BCUT2D eigenvalue weighted by molar-refractivity contribution is 6.30. The number of ether oxygens (including phenoxy) is 1. The maximum Gasteiger partial charge on any atom is 0.461 e. The maximum atomic E-state index is 14.8. The normalized spacial score (nSPS) is 14.7. The van der Waals surface area contributed by atoms with E-state index < -0.39 is 48.3 Å². The van der Waals surface area contributed by atoms with Gasteiger partial charge in [0, 0.05) is 24.2 Å².